The topological polar surface area (TPSA) is 51.1 Å². The molecule has 0 aliphatic heterocycles. The van der Waals surface area contributed by atoms with Gasteiger partial charge in [0.05, 0.1) is 5.52 Å². The van der Waals surface area contributed by atoms with Crippen LogP contribution in [-0.2, 0) is 17.8 Å². The lowest BCUT2D eigenvalue weighted by Crippen LogP contribution is -2.35. The standard InChI is InChI=1S/C21H22N2O2/c1-16(11-12-17-7-3-2-4-8-17)22-21(25)15-23-14-13-20(24)18-9-5-6-10-19(18)23/h2-10,13-14,16H,11-12,15H2,1H3,(H,22,25)/t16-/m1/s1. The Bertz CT molecular complexity index is 916. The summed E-state index contributed by atoms with van der Waals surface area (Å²) in [6.45, 7) is 2.22. The van der Waals surface area contributed by atoms with Gasteiger partial charge in [0.2, 0.25) is 5.91 Å². The Morgan fingerprint density at radius 1 is 1.04 bits per heavy atom. The summed E-state index contributed by atoms with van der Waals surface area (Å²) in [4.78, 5) is 24.3. The molecule has 4 heteroatoms. The van der Waals surface area contributed by atoms with Gasteiger partial charge < -0.3 is 9.88 Å². The molecule has 3 rings (SSSR count). The fourth-order valence-corrected chi connectivity index (χ4v) is 2.97. The molecule has 0 aliphatic rings. The SMILES string of the molecule is C[C@H](CCc1ccccc1)NC(=O)Cn1ccc(=O)c2ccccc21. The average molecular weight is 334 g/mol. The van der Waals surface area contributed by atoms with E-state index in [2.05, 4.69) is 17.4 Å². The molecule has 4 nitrogen and oxygen atoms in total. The number of hydrogen-bond donors (Lipinski definition) is 1. The fraction of sp³-hybridized carbons (Fsp3) is 0.238. The molecule has 25 heavy (non-hydrogen) atoms. The van der Waals surface area contributed by atoms with Crippen LogP contribution in [-0.4, -0.2) is 16.5 Å². The molecule has 1 N–H and O–H groups in total. The monoisotopic (exact) mass is 334 g/mol. The molecule has 1 heterocycles. The number of nitrogens with one attached hydrogen (secondary N) is 1. The second-order valence-electron chi connectivity index (χ2n) is 6.32. The van der Waals surface area contributed by atoms with Crippen molar-refractivity contribution in [2.75, 3.05) is 0 Å². The molecule has 0 bridgehead atoms. The van der Waals surface area contributed by atoms with Gasteiger partial charge >= 0.3 is 0 Å². The number of fused-ring (bicyclic) bond motifs is 1. The first-order valence-electron chi connectivity index (χ1n) is 8.55. The van der Waals surface area contributed by atoms with Gasteiger partial charge in [-0.3, -0.25) is 9.59 Å². The minimum atomic E-state index is -0.0469. The van der Waals surface area contributed by atoms with Gasteiger partial charge in [-0.1, -0.05) is 42.5 Å². The van der Waals surface area contributed by atoms with Gasteiger partial charge in [-0.2, -0.15) is 0 Å². The maximum atomic E-state index is 12.4. The third-order valence-corrected chi connectivity index (χ3v) is 4.31. The Balaban J connectivity index is 1.61. The summed E-state index contributed by atoms with van der Waals surface area (Å²) in [5.41, 5.74) is 2.03. The molecule has 1 amide bonds. The van der Waals surface area contributed by atoms with E-state index in [1.54, 1.807) is 12.3 Å². The Kier molecular flexibility index (Phi) is 5.29. The van der Waals surface area contributed by atoms with Crippen LogP contribution in [0.3, 0.4) is 0 Å². The van der Waals surface area contributed by atoms with E-state index in [1.807, 2.05) is 47.9 Å². The number of carbonyl (C=O) groups is 1. The van der Waals surface area contributed by atoms with E-state index >= 15 is 0 Å². The molecule has 0 radical (unpaired) electrons. The van der Waals surface area contributed by atoms with Crippen LogP contribution >= 0.6 is 0 Å². The van der Waals surface area contributed by atoms with Crippen LogP contribution in [0.25, 0.3) is 10.9 Å². The van der Waals surface area contributed by atoms with Crippen molar-refractivity contribution in [1.29, 1.82) is 0 Å². The number of benzene rings is 2. The van der Waals surface area contributed by atoms with Gasteiger partial charge in [0, 0.05) is 23.7 Å². The number of pyridine rings is 1. The Morgan fingerprint density at radius 3 is 2.56 bits per heavy atom. The van der Waals surface area contributed by atoms with Crippen molar-refractivity contribution in [2.45, 2.75) is 32.4 Å². The molecule has 128 valence electrons. The summed E-state index contributed by atoms with van der Waals surface area (Å²) in [6.07, 6.45) is 3.50. The van der Waals surface area contributed by atoms with Gasteiger partial charge in [0.25, 0.3) is 0 Å². The first kappa shape index (κ1) is 17.0. The number of nitrogens with zero attached hydrogens (tertiary/aromatic N) is 1. The molecule has 2 aromatic carbocycles. The maximum Gasteiger partial charge on any atom is 0.240 e. The molecular formula is C21H22N2O2. The number of amides is 1. The predicted octanol–water partition coefficient (Wildman–Crippen LogP) is 3.14. The lowest BCUT2D eigenvalue weighted by Gasteiger charge is -2.16. The Morgan fingerprint density at radius 2 is 1.76 bits per heavy atom. The summed E-state index contributed by atoms with van der Waals surface area (Å²) < 4.78 is 1.82. The summed E-state index contributed by atoms with van der Waals surface area (Å²) in [7, 11) is 0. The van der Waals surface area contributed by atoms with Gasteiger partial charge in [0.15, 0.2) is 5.43 Å². The average Bonchev–Trinajstić information content (AvgIpc) is 2.63. The highest BCUT2D eigenvalue weighted by molar-refractivity contribution is 5.82. The molecule has 0 fully saturated rings. The number of para-hydroxylation sites is 1. The number of aryl methyl sites for hydroxylation is 1. The molecule has 0 spiro atoms. The smallest absolute Gasteiger partial charge is 0.240 e. The van der Waals surface area contributed by atoms with Crippen LogP contribution < -0.4 is 10.7 Å². The van der Waals surface area contributed by atoms with Crippen molar-refractivity contribution in [1.82, 2.24) is 9.88 Å². The predicted molar refractivity (Wildman–Crippen MR) is 101 cm³/mol. The van der Waals surface area contributed by atoms with Crippen LogP contribution in [0.15, 0.2) is 71.7 Å². The van der Waals surface area contributed by atoms with Crippen molar-refractivity contribution in [3.05, 3.63) is 82.6 Å². The lowest BCUT2D eigenvalue weighted by atomic mass is 10.1. The fourth-order valence-electron chi connectivity index (χ4n) is 2.97. The first-order chi connectivity index (χ1) is 12.1. The lowest BCUT2D eigenvalue weighted by molar-refractivity contribution is -0.122. The van der Waals surface area contributed by atoms with E-state index in [0.717, 1.165) is 18.4 Å². The minimum absolute atomic E-state index is 0.0245. The maximum absolute atomic E-state index is 12.4. The summed E-state index contributed by atoms with van der Waals surface area (Å²) in [6, 6.07) is 19.2. The molecule has 0 aliphatic carbocycles. The summed E-state index contributed by atoms with van der Waals surface area (Å²) in [5.74, 6) is -0.0469. The number of carbonyl (C=O) groups excluding carboxylic acids is 1. The highest BCUT2D eigenvalue weighted by Gasteiger charge is 2.10. The van der Waals surface area contributed by atoms with Gasteiger partial charge in [-0.15, -0.1) is 0 Å². The van der Waals surface area contributed by atoms with E-state index in [9.17, 15) is 9.59 Å². The van der Waals surface area contributed by atoms with Crippen molar-refractivity contribution in [3.8, 4) is 0 Å². The summed E-state index contributed by atoms with van der Waals surface area (Å²) in [5, 5.41) is 3.67. The van der Waals surface area contributed by atoms with Crippen LogP contribution in [0.2, 0.25) is 0 Å². The van der Waals surface area contributed by atoms with Crippen molar-refractivity contribution < 1.29 is 4.79 Å². The van der Waals surface area contributed by atoms with Gasteiger partial charge in [-0.05, 0) is 37.5 Å². The molecule has 3 aromatic rings. The van der Waals surface area contributed by atoms with Crippen LogP contribution in [0.1, 0.15) is 18.9 Å². The molecule has 0 saturated heterocycles. The number of rotatable bonds is 6. The third kappa shape index (κ3) is 4.35. The molecule has 0 unspecified atom stereocenters. The van der Waals surface area contributed by atoms with E-state index in [1.165, 1.54) is 11.6 Å². The summed E-state index contributed by atoms with van der Waals surface area (Å²) >= 11 is 0. The second-order valence-corrected chi connectivity index (χ2v) is 6.32. The van der Waals surface area contributed by atoms with E-state index in [4.69, 9.17) is 0 Å². The van der Waals surface area contributed by atoms with Crippen molar-refractivity contribution in [3.63, 3.8) is 0 Å². The zero-order valence-electron chi connectivity index (χ0n) is 14.3. The highest BCUT2D eigenvalue weighted by atomic mass is 16.2. The Labute approximate surface area is 147 Å². The third-order valence-electron chi connectivity index (χ3n) is 4.31. The molecule has 1 aromatic heterocycles. The second kappa shape index (κ2) is 7.79. The van der Waals surface area contributed by atoms with Crippen LogP contribution in [0.5, 0.6) is 0 Å². The molecular weight excluding hydrogens is 312 g/mol. The Hall–Kier alpha value is -2.88. The van der Waals surface area contributed by atoms with Gasteiger partial charge in [0.1, 0.15) is 6.54 Å². The largest absolute Gasteiger partial charge is 0.352 e. The van der Waals surface area contributed by atoms with Crippen molar-refractivity contribution in [2.24, 2.45) is 0 Å². The molecule has 1 atom stereocenters. The normalized spacial score (nSPS) is 12.0. The van der Waals surface area contributed by atoms with Crippen LogP contribution in [0.4, 0.5) is 0 Å². The van der Waals surface area contributed by atoms with Gasteiger partial charge in [-0.25, -0.2) is 0 Å². The number of hydrogen-bond acceptors (Lipinski definition) is 2. The number of aromatic nitrogens is 1. The minimum Gasteiger partial charge on any atom is -0.352 e. The highest BCUT2D eigenvalue weighted by Crippen LogP contribution is 2.09. The van der Waals surface area contributed by atoms with Crippen LogP contribution in [0, 0.1) is 0 Å². The van der Waals surface area contributed by atoms with E-state index < -0.39 is 0 Å². The first-order valence-corrected chi connectivity index (χ1v) is 8.55. The quantitative estimate of drug-likeness (QED) is 0.753. The van der Waals surface area contributed by atoms with E-state index in [-0.39, 0.29) is 23.9 Å². The van der Waals surface area contributed by atoms with E-state index in [0.29, 0.717) is 5.39 Å². The molecule has 0 saturated carbocycles. The van der Waals surface area contributed by atoms with Crippen molar-refractivity contribution >= 4 is 16.8 Å². The zero-order valence-corrected chi connectivity index (χ0v) is 14.3. The zero-order chi connectivity index (χ0) is 17.6.